The van der Waals surface area contributed by atoms with Crippen molar-refractivity contribution in [3.8, 4) is 5.75 Å². The fourth-order valence-corrected chi connectivity index (χ4v) is 1.40. The minimum Gasteiger partial charge on any atom is -0.508 e. The van der Waals surface area contributed by atoms with Crippen LogP contribution in [0, 0.1) is 0 Å². The zero-order valence-corrected chi connectivity index (χ0v) is 8.28. The summed E-state index contributed by atoms with van der Waals surface area (Å²) in [5.41, 5.74) is 1.24. The third-order valence-corrected chi connectivity index (χ3v) is 2.22. The molecule has 1 rings (SSSR count). The van der Waals surface area contributed by atoms with E-state index in [1.54, 1.807) is 12.1 Å². The van der Waals surface area contributed by atoms with Crippen LogP contribution in [0.3, 0.4) is 0 Å². The van der Waals surface area contributed by atoms with Crippen LogP contribution in [0.25, 0.3) is 0 Å². The first-order chi connectivity index (χ1) is 6.83. The molecule has 76 valence electrons. The Morgan fingerprint density at radius 2 is 1.79 bits per heavy atom. The molecule has 1 N–H and O–H groups in total. The highest BCUT2D eigenvalue weighted by molar-refractivity contribution is 5.48. The highest BCUT2D eigenvalue weighted by Crippen LogP contribution is 2.12. The van der Waals surface area contributed by atoms with Gasteiger partial charge in [-0.1, -0.05) is 18.6 Å². The molecule has 0 aliphatic rings. The van der Waals surface area contributed by atoms with Crippen LogP contribution in [0.1, 0.15) is 31.2 Å². The molecule has 1 aromatic rings. The molecule has 14 heavy (non-hydrogen) atoms. The van der Waals surface area contributed by atoms with E-state index < -0.39 is 0 Å². The molecule has 0 aliphatic heterocycles. The molecule has 0 radical (unpaired) electrons. The lowest BCUT2D eigenvalue weighted by atomic mass is 10.1. The van der Waals surface area contributed by atoms with Crippen molar-refractivity contribution in [2.75, 3.05) is 0 Å². The van der Waals surface area contributed by atoms with Crippen LogP contribution in [-0.4, -0.2) is 11.4 Å². The standard InChI is InChI=1S/C12H16O2/c13-10-4-2-1-3-5-11-6-8-12(14)9-7-11/h6-10,14H,1-5H2. The van der Waals surface area contributed by atoms with Gasteiger partial charge in [0.05, 0.1) is 0 Å². The molecule has 0 bridgehead atoms. The van der Waals surface area contributed by atoms with E-state index in [1.165, 1.54) is 5.56 Å². The molecule has 0 heterocycles. The Morgan fingerprint density at radius 3 is 2.43 bits per heavy atom. The van der Waals surface area contributed by atoms with Crippen LogP contribution >= 0.6 is 0 Å². The van der Waals surface area contributed by atoms with Crippen molar-refractivity contribution in [1.82, 2.24) is 0 Å². The van der Waals surface area contributed by atoms with Gasteiger partial charge in [0.15, 0.2) is 0 Å². The van der Waals surface area contributed by atoms with Gasteiger partial charge in [-0.15, -0.1) is 0 Å². The number of carbonyl (C=O) groups excluding carboxylic acids is 1. The average molecular weight is 192 g/mol. The Bertz CT molecular complexity index is 264. The van der Waals surface area contributed by atoms with Crippen molar-refractivity contribution in [1.29, 1.82) is 0 Å². The highest BCUT2D eigenvalue weighted by Gasteiger charge is 1.93. The molecular weight excluding hydrogens is 176 g/mol. The summed E-state index contributed by atoms with van der Waals surface area (Å²) in [5.74, 6) is 0.315. The molecule has 0 fully saturated rings. The van der Waals surface area contributed by atoms with Crippen molar-refractivity contribution in [2.45, 2.75) is 32.1 Å². The predicted octanol–water partition coefficient (Wildman–Crippen LogP) is 2.69. The number of benzene rings is 1. The number of hydrogen-bond donors (Lipinski definition) is 1. The van der Waals surface area contributed by atoms with Crippen molar-refractivity contribution < 1.29 is 9.90 Å². The maximum atomic E-state index is 10.0. The summed E-state index contributed by atoms with van der Waals surface area (Å²) in [7, 11) is 0. The minimum atomic E-state index is 0.315. The molecule has 2 heteroatoms. The second kappa shape index (κ2) is 6.19. The van der Waals surface area contributed by atoms with Gasteiger partial charge in [-0.2, -0.15) is 0 Å². The Morgan fingerprint density at radius 1 is 1.07 bits per heavy atom. The Labute approximate surface area is 84.6 Å². The molecular formula is C12H16O2. The summed E-state index contributed by atoms with van der Waals surface area (Å²) < 4.78 is 0. The van der Waals surface area contributed by atoms with Crippen LogP contribution in [0.15, 0.2) is 24.3 Å². The van der Waals surface area contributed by atoms with Gasteiger partial charge in [0.25, 0.3) is 0 Å². The number of aromatic hydroxyl groups is 1. The molecule has 0 aliphatic carbocycles. The van der Waals surface area contributed by atoms with Gasteiger partial charge in [-0.3, -0.25) is 0 Å². The fourth-order valence-electron chi connectivity index (χ4n) is 1.40. The van der Waals surface area contributed by atoms with Gasteiger partial charge >= 0.3 is 0 Å². The molecule has 0 spiro atoms. The van der Waals surface area contributed by atoms with Gasteiger partial charge in [0.1, 0.15) is 12.0 Å². The van der Waals surface area contributed by atoms with Crippen molar-refractivity contribution in [3.05, 3.63) is 29.8 Å². The number of aldehydes is 1. The summed E-state index contributed by atoms with van der Waals surface area (Å²) in [6.07, 6.45) is 5.87. The van der Waals surface area contributed by atoms with E-state index in [4.69, 9.17) is 5.11 Å². The topological polar surface area (TPSA) is 37.3 Å². The number of phenols is 1. The molecule has 0 amide bonds. The maximum absolute atomic E-state index is 10.0. The second-order valence-corrected chi connectivity index (χ2v) is 3.43. The average Bonchev–Trinajstić information content (AvgIpc) is 2.21. The molecule has 0 saturated heterocycles. The molecule has 0 saturated carbocycles. The molecule has 0 unspecified atom stereocenters. The van der Waals surface area contributed by atoms with Gasteiger partial charge in [0, 0.05) is 6.42 Å². The van der Waals surface area contributed by atoms with Crippen LogP contribution in [0.4, 0.5) is 0 Å². The molecule has 0 atom stereocenters. The van der Waals surface area contributed by atoms with Crippen LogP contribution < -0.4 is 0 Å². The minimum absolute atomic E-state index is 0.315. The zero-order valence-electron chi connectivity index (χ0n) is 8.28. The normalized spacial score (nSPS) is 10.0. The van der Waals surface area contributed by atoms with Crippen LogP contribution in [0.5, 0.6) is 5.75 Å². The van der Waals surface area contributed by atoms with Crippen LogP contribution in [-0.2, 0) is 11.2 Å². The van der Waals surface area contributed by atoms with E-state index >= 15 is 0 Å². The number of unbranched alkanes of at least 4 members (excludes halogenated alkanes) is 3. The smallest absolute Gasteiger partial charge is 0.119 e. The maximum Gasteiger partial charge on any atom is 0.119 e. The van der Waals surface area contributed by atoms with Crippen molar-refractivity contribution in [3.63, 3.8) is 0 Å². The first kappa shape index (κ1) is 10.8. The summed E-state index contributed by atoms with van der Waals surface area (Å²) in [6, 6.07) is 7.30. The van der Waals surface area contributed by atoms with E-state index in [0.29, 0.717) is 12.2 Å². The van der Waals surface area contributed by atoms with E-state index in [1.807, 2.05) is 12.1 Å². The predicted molar refractivity (Wildman–Crippen MR) is 56.3 cm³/mol. The van der Waals surface area contributed by atoms with Gasteiger partial charge < -0.3 is 9.90 Å². The number of hydrogen-bond acceptors (Lipinski definition) is 2. The lowest BCUT2D eigenvalue weighted by Crippen LogP contribution is -1.85. The Kier molecular flexibility index (Phi) is 4.76. The lowest BCUT2D eigenvalue weighted by Gasteiger charge is -2.00. The monoisotopic (exact) mass is 192 g/mol. The number of phenolic OH excluding ortho intramolecular Hbond substituents is 1. The summed E-state index contributed by atoms with van der Waals surface area (Å²) in [4.78, 5) is 10.0. The quantitative estimate of drug-likeness (QED) is 0.555. The number of carbonyl (C=O) groups is 1. The highest BCUT2D eigenvalue weighted by atomic mass is 16.3. The second-order valence-electron chi connectivity index (χ2n) is 3.43. The summed E-state index contributed by atoms with van der Waals surface area (Å²) in [5, 5.41) is 9.06. The third kappa shape index (κ3) is 4.08. The fraction of sp³-hybridized carbons (Fsp3) is 0.417. The first-order valence-corrected chi connectivity index (χ1v) is 5.04. The summed E-state index contributed by atoms with van der Waals surface area (Å²) >= 11 is 0. The third-order valence-electron chi connectivity index (χ3n) is 2.22. The zero-order chi connectivity index (χ0) is 10.2. The molecule has 1 aromatic carbocycles. The van der Waals surface area contributed by atoms with Crippen molar-refractivity contribution in [2.24, 2.45) is 0 Å². The summed E-state index contributed by atoms with van der Waals surface area (Å²) in [6.45, 7) is 0. The Balaban J connectivity index is 2.18. The Hall–Kier alpha value is -1.31. The van der Waals surface area contributed by atoms with Gasteiger partial charge in [-0.25, -0.2) is 0 Å². The van der Waals surface area contributed by atoms with E-state index in [0.717, 1.165) is 32.0 Å². The molecule has 0 aromatic heterocycles. The van der Waals surface area contributed by atoms with Crippen molar-refractivity contribution >= 4 is 6.29 Å². The SMILES string of the molecule is O=CCCCCCc1ccc(O)cc1. The number of rotatable bonds is 6. The van der Waals surface area contributed by atoms with E-state index in [9.17, 15) is 4.79 Å². The lowest BCUT2D eigenvalue weighted by molar-refractivity contribution is -0.107. The van der Waals surface area contributed by atoms with E-state index in [-0.39, 0.29) is 0 Å². The van der Waals surface area contributed by atoms with Crippen LogP contribution in [0.2, 0.25) is 0 Å². The van der Waals surface area contributed by atoms with Gasteiger partial charge in [0.2, 0.25) is 0 Å². The first-order valence-electron chi connectivity index (χ1n) is 5.04. The van der Waals surface area contributed by atoms with E-state index in [2.05, 4.69) is 0 Å². The molecule has 2 nitrogen and oxygen atoms in total. The number of aryl methyl sites for hydroxylation is 1. The largest absolute Gasteiger partial charge is 0.508 e. The van der Waals surface area contributed by atoms with Gasteiger partial charge in [-0.05, 0) is 37.0 Å².